The summed E-state index contributed by atoms with van der Waals surface area (Å²) in [5, 5.41) is 3.99. The second-order valence-corrected chi connectivity index (χ2v) is 6.02. The van der Waals surface area contributed by atoms with Crippen LogP contribution in [0.1, 0.15) is 21.6 Å². The lowest BCUT2D eigenvalue weighted by Crippen LogP contribution is -2.38. The molecule has 8 heteroatoms. The molecule has 1 aromatic heterocycles. The average molecular weight is 476 g/mol. The van der Waals surface area contributed by atoms with Gasteiger partial charge in [0.05, 0.1) is 11.6 Å². The number of amides is 1. The number of halogens is 2. The van der Waals surface area contributed by atoms with E-state index in [-0.39, 0.29) is 24.0 Å². The fraction of sp³-hybridized carbons (Fsp3) is 0.294. The third-order valence-electron chi connectivity index (χ3n) is 3.71. The van der Waals surface area contributed by atoms with E-state index in [9.17, 15) is 4.79 Å². The van der Waals surface area contributed by atoms with Crippen LogP contribution in [0.3, 0.4) is 0 Å². The number of carbonyl (C=O) groups excluding carboxylic acids is 1. The number of aliphatic imine (C=N–C) groups is 1. The Labute approximate surface area is 170 Å². The van der Waals surface area contributed by atoms with E-state index >= 15 is 0 Å². The monoisotopic (exact) mass is 475 g/mol. The quantitative estimate of drug-likeness (QED) is 0.397. The molecule has 0 saturated carbocycles. The molecule has 0 aliphatic carbocycles. The summed E-state index contributed by atoms with van der Waals surface area (Å²) in [5.41, 5.74) is 7.85. The number of aryl methyl sites for hydroxylation is 1. The Morgan fingerprint density at radius 1 is 1.40 bits per heavy atom. The Morgan fingerprint density at radius 2 is 2.12 bits per heavy atom. The smallest absolute Gasteiger partial charge is 0.248 e. The van der Waals surface area contributed by atoms with Crippen molar-refractivity contribution < 1.29 is 4.79 Å². The van der Waals surface area contributed by atoms with Crippen molar-refractivity contribution in [2.45, 2.75) is 13.1 Å². The average Bonchev–Trinajstić information content (AvgIpc) is 2.85. The summed E-state index contributed by atoms with van der Waals surface area (Å²) < 4.78 is 1.99. The Morgan fingerprint density at radius 3 is 2.68 bits per heavy atom. The van der Waals surface area contributed by atoms with E-state index in [0.29, 0.717) is 23.7 Å². The minimum Gasteiger partial charge on any atom is -0.366 e. The van der Waals surface area contributed by atoms with Gasteiger partial charge in [-0.15, -0.1) is 24.0 Å². The number of nitrogens with zero attached hydrogens (tertiary/aromatic N) is 3. The molecule has 0 saturated heterocycles. The highest BCUT2D eigenvalue weighted by Gasteiger charge is 2.10. The number of guanidine groups is 1. The maximum Gasteiger partial charge on any atom is 0.248 e. The number of nitrogens with one attached hydrogen (secondary N) is 1. The molecule has 0 spiro atoms. The van der Waals surface area contributed by atoms with Crippen LogP contribution in [-0.2, 0) is 20.1 Å². The normalized spacial score (nSPS) is 11.0. The number of carbonyl (C=O) groups is 1. The van der Waals surface area contributed by atoms with Crippen molar-refractivity contribution in [3.05, 3.63) is 58.4 Å². The van der Waals surface area contributed by atoms with Gasteiger partial charge in [0.15, 0.2) is 5.96 Å². The summed E-state index contributed by atoms with van der Waals surface area (Å²) in [5.74, 6) is 0.315. The number of hydrogen-bond donors (Lipinski definition) is 2. The zero-order valence-corrected chi connectivity index (χ0v) is 17.6. The zero-order chi connectivity index (χ0) is 17.7. The van der Waals surface area contributed by atoms with E-state index in [4.69, 9.17) is 17.3 Å². The highest BCUT2D eigenvalue weighted by atomic mass is 127. The van der Waals surface area contributed by atoms with Gasteiger partial charge in [0.2, 0.25) is 5.91 Å². The van der Waals surface area contributed by atoms with Crippen LogP contribution in [0.2, 0.25) is 5.02 Å². The largest absolute Gasteiger partial charge is 0.366 e. The van der Waals surface area contributed by atoms with Gasteiger partial charge in [0.1, 0.15) is 0 Å². The minimum atomic E-state index is -0.432. The fourth-order valence-corrected chi connectivity index (χ4v) is 2.71. The molecule has 2 aromatic rings. The van der Waals surface area contributed by atoms with Gasteiger partial charge >= 0.3 is 0 Å². The minimum absolute atomic E-state index is 0. The van der Waals surface area contributed by atoms with Gasteiger partial charge in [-0.25, -0.2) is 0 Å². The highest BCUT2D eigenvalue weighted by Crippen LogP contribution is 2.14. The Hall–Kier alpha value is -1.74. The Kier molecular flexibility index (Phi) is 8.24. The molecule has 6 nitrogen and oxygen atoms in total. The van der Waals surface area contributed by atoms with Gasteiger partial charge in [-0.1, -0.05) is 23.7 Å². The van der Waals surface area contributed by atoms with Gasteiger partial charge in [0, 0.05) is 45.1 Å². The van der Waals surface area contributed by atoms with Crippen LogP contribution in [0.25, 0.3) is 0 Å². The lowest BCUT2D eigenvalue weighted by Gasteiger charge is -2.22. The Balaban J connectivity index is 0.00000312. The van der Waals surface area contributed by atoms with Crippen molar-refractivity contribution in [3.63, 3.8) is 0 Å². The third kappa shape index (κ3) is 5.93. The van der Waals surface area contributed by atoms with Crippen LogP contribution in [0.5, 0.6) is 0 Å². The van der Waals surface area contributed by atoms with Crippen LogP contribution < -0.4 is 11.1 Å². The van der Waals surface area contributed by atoms with E-state index in [2.05, 4.69) is 10.3 Å². The van der Waals surface area contributed by atoms with E-state index in [1.54, 1.807) is 19.2 Å². The van der Waals surface area contributed by atoms with Crippen LogP contribution in [0, 0.1) is 0 Å². The van der Waals surface area contributed by atoms with Crippen LogP contribution in [-0.4, -0.2) is 35.4 Å². The first-order chi connectivity index (χ1) is 11.4. The number of hydrogen-bond acceptors (Lipinski definition) is 2. The summed E-state index contributed by atoms with van der Waals surface area (Å²) in [6.45, 7) is 1.22. The summed E-state index contributed by atoms with van der Waals surface area (Å²) in [6.07, 6.45) is 1.87. The van der Waals surface area contributed by atoms with E-state index < -0.39 is 5.91 Å². The topological polar surface area (TPSA) is 75.6 Å². The van der Waals surface area contributed by atoms with Crippen molar-refractivity contribution >= 4 is 47.4 Å². The number of aromatic nitrogens is 1. The second-order valence-electron chi connectivity index (χ2n) is 5.58. The number of nitrogens with two attached hydrogens (primary N) is 1. The number of benzene rings is 1. The summed E-state index contributed by atoms with van der Waals surface area (Å²) >= 11 is 6.02. The molecule has 0 bridgehead atoms. The third-order valence-corrected chi connectivity index (χ3v) is 3.92. The molecule has 0 aliphatic heterocycles. The summed E-state index contributed by atoms with van der Waals surface area (Å²) in [4.78, 5) is 17.5. The van der Waals surface area contributed by atoms with Gasteiger partial charge in [0.25, 0.3) is 0 Å². The Bertz CT molecular complexity index is 759. The van der Waals surface area contributed by atoms with Crippen LogP contribution >= 0.6 is 35.6 Å². The number of rotatable bonds is 5. The molecule has 0 aliphatic rings. The van der Waals surface area contributed by atoms with Crippen LogP contribution in [0.15, 0.2) is 41.5 Å². The highest BCUT2D eigenvalue weighted by molar-refractivity contribution is 14.0. The van der Waals surface area contributed by atoms with Gasteiger partial charge in [-0.2, -0.15) is 0 Å². The second kappa shape index (κ2) is 9.67. The molecular formula is C17H23ClIN5O. The van der Waals surface area contributed by atoms with Crippen molar-refractivity contribution in [2.24, 2.45) is 17.8 Å². The van der Waals surface area contributed by atoms with Crippen molar-refractivity contribution in [2.75, 3.05) is 14.1 Å². The molecule has 1 aromatic carbocycles. The molecule has 25 heavy (non-hydrogen) atoms. The maximum atomic E-state index is 11.2. The van der Waals surface area contributed by atoms with Crippen molar-refractivity contribution in [3.8, 4) is 0 Å². The van der Waals surface area contributed by atoms with Gasteiger partial charge in [-0.05, 0) is 23.8 Å². The summed E-state index contributed by atoms with van der Waals surface area (Å²) in [7, 11) is 5.65. The van der Waals surface area contributed by atoms with Crippen molar-refractivity contribution in [1.29, 1.82) is 0 Å². The first kappa shape index (κ1) is 21.3. The van der Waals surface area contributed by atoms with Crippen LogP contribution in [0.4, 0.5) is 0 Å². The van der Waals surface area contributed by atoms with E-state index in [0.717, 1.165) is 17.2 Å². The standard InChI is InChI=1S/C17H22ClN5O.HI/c1-20-17(23(3)11-15-8-14(18)10-22(15)2)21-9-12-5-4-6-13(7-12)16(19)24;/h4-8,10H,9,11H2,1-3H3,(H2,19,24)(H,20,21);1H. The summed E-state index contributed by atoms with van der Waals surface area (Å²) in [6, 6.07) is 9.16. The SMILES string of the molecule is CN=C(NCc1cccc(C(N)=O)c1)N(C)Cc1cc(Cl)cn1C.I. The van der Waals surface area contributed by atoms with Crippen molar-refractivity contribution in [1.82, 2.24) is 14.8 Å². The molecule has 0 atom stereocenters. The van der Waals surface area contributed by atoms with E-state index in [1.165, 1.54) is 0 Å². The fourth-order valence-electron chi connectivity index (χ4n) is 2.44. The number of primary amides is 1. The molecule has 3 N–H and O–H groups in total. The first-order valence-electron chi connectivity index (χ1n) is 7.52. The van der Waals surface area contributed by atoms with Gasteiger partial charge < -0.3 is 20.5 Å². The predicted octanol–water partition coefficient (Wildman–Crippen LogP) is 2.60. The molecule has 1 heterocycles. The maximum absolute atomic E-state index is 11.2. The molecule has 2 rings (SSSR count). The molecule has 0 radical (unpaired) electrons. The molecule has 0 fully saturated rings. The lowest BCUT2D eigenvalue weighted by molar-refractivity contribution is 0.1000. The van der Waals surface area contributed by atoms with Gasteiger partial charge in [-0.3, -0.25) is 9.79 Å². The first-order valence-corrected chi connectivity index (χ1v) is 7.89. The molecular weight excluding hydrogens is 453 g/mol. The molecule has 1 amide bonds. The lowest BCUT2D eigenvalue weighted by atomic mass is 10.1. The predicted molar refractivity (Wildman–Crippen MR) is 112 cm³/mol. The molecule has 0 unspecified atom stereocenters. The molecule has 136 valence electrons. The zero-order valence-electron chi connectivity index (χ0n) is 14.5. The van der Waals surface area contributed by atoms with E-state index in [1.807, 2.05) is 48.0 Å².